The van der Waals surface area contributed by atoms with E-state index in [2.05, 4.69) is 23.8 Å². The zero-order valence-electron chi connectivity index (χ0n) is 16.3. The summed E-state index contributed by atoms with van der Waals surface area (Å²) in [7, 11) is 0. The molecule has 0 atom stereocenters. The smallest absolute Gasteiger partial charge is 0.267 e. The molecule has 3 aromatic heterocycles. The summed E-state index contributed by atoms with van der Waals surface area (Å²) < 4.78 is 3.03. The maximum atomic E-state index is 13.1. The average molecular weight is 379 g/mol. The summed E-state index contributed by atoms with van der Waals surface area (Å²) in [5, 5.41) is 11.7. The number of carbonyl (C=O) groups is 1. The lowest BCUT2D eigenvalue weighted by atomic mass is 10.1. The van der Waals surface area contributed by atoms with Gasteiger partial charge >= 0.3 is 0 Å². The van der Waals surface area contributed by atoms with Gasteiger partial charge in [-0.3, -0.25) is 19.4 Å². The third kappa shape index (κ3) is 3.47. The third-order valence-corrected chi connectivity index (χ3v) is 4.76. The van der Waals surface area contributed by atoms with Crippen LogP contribution in [0.3, 0.4) is 0 Å². The average Bonchev–Trinajstić information content (AvgIpc) is 2.68. The number of hydrogen-bond acceptors (Lipinski definition) is 4. The van der Waals surface area contributed by atoms with E-state index in [0.717, 1.165) is 24.8 Å². The van der Waals surface area contributed by atoms with Crippen molar-refractivity contribution < 1.29 is 4.79 Å². The molecule has 0 radical (unpaired) electrons. The van der Waals surface area contributed by atoms with E-state index in [-0.39, 0.29) is 29.1 Å². The Morgan fingerprint density at radius 1 is 1.36 bits per heavy atom. The molecular formula is C21H25N5O2. The minimum Gasteiger partial charge on any atom is -0.352 e. The van der Waals surface area contributed by atoms with E-state index in [4.69, 9.17) is 5.41 Å². The minimum absolute atomic E-state index is 0.0187. The number of amides is 1. The summed E-state index contributed by atoms with van der Waals surface area (Å²) in [6, 6.07) is 5.15. The molecule has 7 heteroatoms. The number of fused-ring (bicyclic) bond motifs is 2. The normalized spacial score (nSPS) is 11.1. The lowest BCUT2D eigenvalue weighted by molar-refractivity contribution is 0.0950. The Hall–Kier alpha value is -3.22. The molecule has 3 aromatic rings. The van der Waals surface area contributed by atoms with Gasteiger partial charge in [0, 0.05) is 19.3 Å². The van der Waals surface area contributed by atoms with Crippen LogP contribution in [0.5, 0.6) is 0 Å². The van der Waals surface area contributed by atoms with Crippen LogP contribution in [-0.2, 0) is 6.54 Å². The van der Waals surface area contributed by atoms with Crippen LogP contribution in [0.15, 0.2) is 41.8 Å². The van der Waals surface area contributed by atoms with Crippen molar-refractivity contribution in [1.29, 1.82) is 5.41 Å². The number of hydrogen-bond donors (Lipinski definition) is 2. The summed E-state index contributed by atoms with van der Waals surface area (Å²) in [5.41, 5.74) is 1.70. The second kappa shape index (κ2) is 8.21. The van der Waals surface area contributed by atoms with Gasteiger partial charge in [-0.1, -0.05) is 31.9 Å². The Morgan fingerprint density at radius 2 is 2.14 bits per heavy atom. The zero-order valence-corrected chi connectivity index (χ0v) is 16.3. The Kier molecular flexibility index (Phi) is 5.73. The van der Waals surface area contributed by atoms with Gasteiger partial charge in [-0.05, 0) is 31.0 Å². The Balaban J connectivity index is 2.23. The quantitative estimate of drug-likeness (QED) is 0.375. The van der Waals surface area contributed by atoms with Crippen LogP contribution in [0.4, 0.5) is 0 Å². The highest BCUT2D eigenvalue weighted by atomic mass is 16.1. The molecule has 0 aromatic carbocycles. The molecule has 2 N–H and O–H groups in total. The van der Waals surface area contributed by atoms with Crippen molar-refractivity contribution in [3.8, 4) is 0 Å². The van der Waals surface area contributed by atoms with Crippen molar-refractivity contribution in [1.82, 2.24) is 19.3 Å². The maximum Gasteiger partial charge on any atom is 0.267 e. The van der Waals surface area contributed by atoms with Gasteiger partial charge in [0.05, 0.1) is 10.9 Å². The van der Waals surface area contributed by atoms with Crippen LogP contribution in [0, 0.1) is 12.3 Å². The number of aromatic nitrogens is 3. The standard InChI is InChI=1S/C21H25N5O2/c1-4-6-7-10-23-20(27)15-13-16-19(25(11-5-2)17(15)22)24-18-14(3)9-8-12-26(18)21(16)28/h5,8-9,12-13,22H,2,4,6-7,10-11H2,1,3H3,(H,23,27). The van der Waals surface area contributed by atoms with E-state index in [9.17, 15) is 9.59 Å². The monoisotopic (exact) mass is 379 g/mol. The predicted octanol–water partition coefficient (Wildman–Crippen LogP) is 2.54. The van der Waals surface area contributed by atoms with Gasteiger partial charge in [0.15, 0.2) is 0 Å². The van der Waals surface area contributed by atoms with E-state index in [1.165, 1.54) is 10.5 Å². The molecule has 0 saturated heterocycles. The van der Waals surface area contributed by atoms with Crippen molar-refractivity contribution in [2.24, 2.45) is 0 Å². The topological polar surface area (TPSA) is 92.2 Å². The molecule has 0 unspecified atom stereocenters. The first kappa shape index (κ1) is 19.5. The van der Waals surface area contributed by atoms with Gasteiger partial charge < -0.3 is 9.88 Å². The molecule has 28 heavy (non-hydrogen) atoms. The molecule has 0 aliphatic heterocycles. The maximum absolute atomic E-state index is 13.1. The van der Waals surface area contributed by atoms with Crippen LogP contribution in [-0.4, -0.2) is 26.4 Å². The first-order valence-corrected chi connectivity index (χ1v) is 9.48. The molecule has 0 bridgehead atoms. The summed E-state index contributed by atoms with van der Waals surface area (Å²) in [6.45, 7) is 8.53. The summed E-state index contributed by atoms with van der Waals surface area (Å²) in [6.07, 6.45) is 6.25. The van der Waals surface area contributed by atoms with E-state index in [0.29, 0.717) is 23.2 Å². The molecular weight excluding hydrogens is 354 g/mol. The molecule has 0 fully saturated rings. The van der Waals surface area contributed by atoms with Crippen molar-refractivity contribution in [2.75, 3.05) is 6.54 Å². The van der Waals surface area contributed by atoms with Crippen LogP contribution in [0.2, 0.25) is 0 Å². The van der Waals surface area contributed by atoms with Crippen molar-refractivity contribution in [2.45, 2.75) is 39.7 Å². The van der Waals surface area contributed by atoms with E-state index in [1.807, 2.05) is 13.0 Å². The third-order valence-electron chi connectivity index (χ3n) is 4.76. The second-order valence-electron chi connectivity index (χ2n) is 6.81. The zero-order chi connectivity index (χ0) is 20.3. The predicted molar refractivity (Wildman–Crippen MR) is 110 cm³/mol. The fourth-order valence-corrected chi connectivity index (χ4v) is 3.25. The van der Waals surface area contributed by atoms with Gasteiger partial charge in [-0.2, -0.15) is 0 Å². The molecule has 0 aliphatic carbocycles. The first-order chi connectivity index (χ1) is 13.5. The molecule has 1 amide bonds. The van der Waals surface area contributed by atoms with Gasteiger partial charge in [0.25, 0.3) is 11.5 Å². The first-order valence-electron chi connectivity index (χ1n) is 9.48. The lowest BCUT2D eigenvalue weighted by Gasteiger charge is -2.14. The van der Waals surface area contributed by atoms with E-state index >= 15 is 0 Å². The largest absolute Gasteiger partial charge is 0.352 e. The molecule has 0 spiro atoms. The Morgan fingerprint density at radius 3 is 2.86 bits per heavy atom. The van der Waals surface area contributed by atoms with Crippen molar-refractivity contribution in [3.05, 3.63) is 64.0 Å². The second-order valence-corrected chi connectivity index (χ2v) is 6.81. The number of allylic oxidation sites excluding steroid dienone is 1. The SMILES string of the molecule is C=CCn1c(=N)c(C(=O)NCCCCC)cc2c(=O)n3cccc(C)c3nc21. The highest BCUT2D eigenvalue weighted by Gasteiger charge is 2.17. The van der Waals surface area contributed by atoms with Gasteiger partial charge in [0.2, 0.25) is 0 Å². The molecule has 3 rings (SSSR count). The van der Waals surface area contributed by atoms with Crippen LogP contribution >= 0.6 is 0 Å². The molecule has 3 heterocycles. The number of pyridine rings is 2. The lowest BCUT2D eigenvalue weighted by Crippen LogP contribution is -2.35. The summed E-state index contributed by atoms with van der Waals surface area (Å²) in [4.78, 5) is 30.4. The number of unbranched alkanes of at least 4 members (excludes halogenated alkanes) is 2. The highest BCUT2D eigenvalue weighted by Crippen LogP contribution is 2.12. The molecule has 146 valence electrons. The fraction of sp³-hybridized carbons (Fsp3) is 0.333. The Bertz CT molecular complexity index is 1170. The van der Waals surface area contributed by atoms with E-state index < -0.39 is 0 Å². The minimum atomic E-state index is -0.352. The number of aryl methyl sites for hydroxylation is 1. The number of rotatable bonds is 7. The fourth-order valence-electron chi connectivity index (χ4n) is 3.25. The summed E-state index contributed by atoms with van der Waals surface area (Å²) >= 11 is 0. The van der Waals surface area contributed by atoms with E-state index in [1.54, 1.807) is 22.9 Å². The highest BCUT2D eigenvalue weighted by molar-refractivity contribution is 5.96. The van der Waals surface area contributed by atoms with Crippen LogP contribution < -0.4 is 16.4 Å². The summed E-state index contributed by atoms with van der Waals surface area (Å²) in [5.74, 6) is -0.352. The van der Waals surface area contributed by atoms with Crippen LogP contribution in [0.1, 0.15) is 42.1 Å². The number of carbonyl (C=O) groups excluding carboxylic acids is 1. The van der Waals surface area contributed by atoms with Gasteiger partial charge in [-0.15, -0.1) is 6.58 Å². The van der Waals surface area contributed by atoms with Crippen molar-refractivity contribution in [3.63, 3.8) is 0 Å². The van der Waals surface area contributed by atoms with Crippen LogP contribution in [0.25, 0.3) is 16.7 Å². The van der Waals surface area contributed by atoms with Gasteiger partial charge in [0.1, 0.15) is 16.8 Å². The van der Waals surface area contributed by atoms with Crippen molar-refractivity contribution >= 4 is 22.6 Å². The molecule has 7 nitrogen and oxygen atoms in total. The van der Waals surface area contributed by atoms with Gasteiger partial charge in [-0.25, -0.2) is 4.98 Å². The number of nitrogens with zero attached hydrogens (tertiary/aromatic N) is 3. The Labute approximate surface area is 162 Å². The molecule has 0 aliphatic rings. The number of nitrogens with one attached hydrogen (secondary N) is 2. The molecule has 0 saturated carbocycles.